The SMILES string of the molecule is Cc1cc(-c2cc3c4c(c2)N2c5ccc(C(C)(C)C)cc5Sc5cc(C(C)(C)C)cc(c52)B4c2cc(C(C)(C)C)cc4c2N3c2ccc(C(C)(C)C)cc2C4)ccc1-c1n(-c2c(C(C)C)cccc2C(C)C)c2ccccc2[n+]1C. The zero-order valence-corrected chi connectivity index (χ0v) is 51.7. The van der Waals surface area contributed by atoms with Gasteiger partial charge in [-0.3, -0.25) is 0 Å². The molecular weight excluding hydrogens is 988 g/mol. The Morgan fingerprint density at radius 3 is 1.65 bits per heavy atom. The van der Waals surface area contributed by atoms with Crippen molar-refractivity contribution in [3.63, 3.8) is 0 Å². The van der Waals surface area contributed by atoms with E-state index in [0.29, 0.717) is 11.8 Å². The third-order valence-electron chi connectivity index (χ3n) is 18.3. The summed E-state index contributed by atoms with van der Waals surface area (Å²) in [5, 5.41) is 0. The number of hydrogen-bond donors (Lipinski definition) is 0. The van der Waals surface area contributed by atoms with E-state index in [9.17, 15) is 0 Å². The molecule has 0 radical (unpaired) electrons. The van der Waals surface area contributed by atoms with Gasteiger partial charge >= 0.3 is 0 Å². The van der Waals surface area contributed by atoms with Crippen LogP contribution < -0.4 is 30.8 Å². The Balaban J connectivity index is 1.11. The van der Waals surface area contributed by atoms with E-state index in [-0.39, 0.29) is 28.4 Å². The van der Waals surface area contributed by atoms with Crippen LogP contribution in [0.2, 0.25) is 0 Å². The first-order valence-corrected chi connectivity index (χ1v) is 30.3. The molecule has 0 amide bonds. The number of nitrogens with zero attached hydrogens (tertiary/aromatic N) is 4. The topological polar surface area (TPSA) is 15.3 Å². The monoisotopic (exact) mass is 1070 g/mol. The fourth-order valence-corrected chi connectivity index (χ4v) is 14.9. The van der Waals surface area contributed by atoms with Gasteiger partial charge in [0.1, 0.15) is 5.69 Å². The number of imidazole rings is 1. The molecule has 0 N–H and O–H groups in total. The molecule has 4 nitrogen and oxygen atoms in total. The summed E-state index contributed by atoms with van der Waals surface area (Å²) in [5.41, 5.74) is 31.7. The Labute approximate surface area is 482 Å². The van der Waals surface area contributed by atoms with Gasteiger partial charge in [0.15, 0.2) is 11.0 Å². The van der Waals surface area contributed by atoms with Gasteiger partial charge in [-0.1, -0.05) is 201 Å². The number of anilines is 6. The molecule has 0 saturated carbocycles. The van der Waals surface area contributed by atoms with Gasteiger partial charge in [0.2, 0.25) is 0 Å². The van der Waals surface area contributed by atoms with Crippen LogP contribution in [-0.4, -0.2) is 11.3 Å². The number of benzene rings is 8. The molecule has 0 bridgehead atoms. The molecule has 0 saturated heterocycles. The minimum Gasteiger partial charge on any atom is -0.311 e. The molecule has 0 spiro atoms. The highest BCUT2D eigenvalue weighted by atomic mass is 32.2. The summed E-state index contributed by atoms with van der Waals surface area (Å²) in [7, 11) is 2.26. The standard InChI is InChI=1S/C74H80BN4S/c1-42(2)53-22-21-23-54(43(3)4)68(53)79-60-25-20-19-24-59(60)76(18)70(79)55-29-26-45(32-44(55)5)46-36-62-66-63(37-46)78-61-31-28-50(72(9,10)11)40-64(61)80-65-41-52(74(15,16)17)39-57(69(65)78)75(66)56-38-51(73(12,13)14)35-48-33-47-34-49(71(6,7)8)27-30-58(47)77(62)67(48)56/h19-32,34-43H,33H2,1-18H3/q+1. The lowest BCUT2D eigenvalue weighted by Gasteiger charge is -2.49. The normalized spacial score (nSPS) is 14.4. The summed E-state index contributed by atoms with van der Waals surface area (Å²) < 4.78 is 5.01. The lowest BCUT2D eigenvalue weighted by Crippen LogP contribution is -2.62. The maximum absolute atomic E-state index is 2.71. The van der Waals surface area contributed by atoms with Gasteiger partial charge in [-0.05, 0) is 161 Å². The number of hydrogen-bond acceptors (Lipinski definition) is 3. The van der Waals surface area contributed by atoms with Crippen LogP contribution >= 0.6 is 11.8 Å². The first-order valence-electron chi connectivity index (χ1n) is 29.5. The summed E-state index contributed by atoms with van der Waals surface area (Å²) in [6.07, 6.45) is 0.900. The Kier molecular flexibility index (Phi) is 11.8. The Hall–Kier alpha value is -6.76. The van der Waals surface area contributed by atoms with Gasteiger partial charge in [0.05, 0.1) is 24.0 Å². The third-order valence-corrected chi connectivity index (χ3v) is 19.3. The highest BCUT2D eigenvalue weighted by Crippen LogP contribution is 2.57. The minimum atomic E-state index is -0.0571. The highest BCUT2D eigenvalue weighted by molar-refractivity contribution is 7.99. The quantitative estimate of drug-likeness (QED) is 0.126. The number of fused-ring (bicyclic) bond motifs is 9. The van der Waals surface area contributed by atoms with Crippen molar-refractivity contribution in [3.05, 3.63) is 184 Å². The van der Waals surface area contributed by atoms with Gasteiger partial charge in [0.25, 0.3) is 12.5 Å². The van der Waals surface area contributed by atoms with E-state index in [4.69, 9.17) is 0 Å². The first kappa shape index (κ1) is 52.6. The van der Waals surface area contributed by atoms with Crippen LogP contribution in [0.15, 0.2) is 143 Å². The van der Waals surface area contributed by atoms with Crippen molar-refractivity contribution in [2.24, 2.45) is 7.05 Å². The average molecular weight is 1070 g/mol. The van der Waals surface area contributed by atoms with Gasteiger partial charge in [-0.2, -0.15) is 4.57 Å². The zero-order chi connectivity index (χ0) is 56.6. The second kappa shape index (κ2) is 17.9. The molecule has 6 heteroatoms. The summed E-state index contributed by atoms with van der Waals surface area (Å²) in [4.78, 5) is 8.06. The predicted molar refractivity (Wildman–Crippen MR) is 344 cm³/mol. The number of para-hydroxylation sites is 3. The molecule has 0 aliphatic carbocycles. The molecule has 0 unspecified atom stereocenters. The molecular formula is C74H80BN4S+. The van der Waals surface area contributed by atoms with E-state index >= 15 is 0 Å². The molecule has 9 aromatic rings. The lowest BCUT2D eigenvalue weighted by atomic mass is 9.32. The maximum Gasteiger partial charge on any atom is 0.295 e. The van der Waals surface area contributed by atoms with Crippen LogP contribution in [0.25, 0.3) is 39.2 Å². The van der Waals surface area contributed by atoms with Crippen molar-refractivity contribution in [2.45, 2.75) is 167 Å². The van der Waals surface area contributed by atoms with Crippen molar-refractivity contribution < 1.29 is 4.57 Å². The van der Waals surface area contributed by atoms with E-state index in [0.717, 1.165) is 6.42 Å². The Bertz CT molecular complexity index is 3910. The lowest BCUT2D eigenvalue weighted by molar-refractivity contribution is -0.633. The van der Waals surface area contributed by atoms with Crippen LogP contribution in [-0.2, 0) is 35.1 Å². The maximum atomic E-state index is 2.71. The van der Waals surface area contributed by atoms with E-state index in [1.807, 2.05) is 11.8 Å². The third kappa shape index (κ3) is 8.03. The van der Waals surface area contributed by atoms with Crippen molar-refractivity contribution in [1.29, 1.82) is 0 Å². The first-order chi connectivity index (χ1) is 37.7. The van der Waals surface area contributed by atoms with Crippen LogP contribution in [0.4, 0.5) is 34.1 Å². The van der Waals surface area contributed by atoms with Crippen molar-refractivity contribution in [1.82, 2.24) is 4.57 Å². The Morgan fingerprint density at radius 2 is 1.04 bits per heavy atom. The number of aromatic nitrogens is 2. The van der Waals surface area contributed by atoms with Crippen molar-refractivity contribution in [2.75, 3.05) is 9.80 Å². The average Bonchev–Trinajstić information content (AvgIpc) is 1.20. The summed E-state index contributed by atoms with van der Waals surface area (Å²) in [6.45, 7) is 40.1. The van der Waals surface area contributed by atoms with Gasteiger partial charge in [-0.15, -0.1) is 0 Å². The summed E-state index contributed by atoms with van der Waals surface area (Å²) in [6, 6.07) is 53.4. The molecule has 5 heterocycles. The zero-order valence-electron chi connectivity index (χ0n) is 50.8. The minimum absolute atomic E-state index is 0.00497. The molecule has 404 valence electrons. The fraction of sp³-hybridized carbons (Fsp3) is 0.338. The van der Waals surface area contributed by atoms with Gasteiger partial charge in [0, 0.05) is 50.1 Å². The smallest absolute Gasteiger partial charge is 0.295 e. The molecule has 8 aromatic carbocycles. The van der Waals surface area contributed by atoms with E-state index in [1.54, 1.807) is 0 Å². The van der Waals surface area contributed by atoms with Crippen molar-refractivity contribution in [3.8, 4) is 28.2 Å². The van der Waals surface area contributed by atoms with Crippen LogP contribution in [0, 0.1) is 6.92 Å². The second-order valence-corrected chi connectivity index (χ2v) is 29.7. The molecule has 4 aliphatic heterocycles. The highest BCUT2D eigenvalue weighted by Gasteiger charge is 2.49. The fourth-order valence-electron chi connectivity index (χ4n) is 13.7. The summed E-state index contributed by atoms with van der Waals surface area (Å²) >= 11 is 1.97. The van der Waals surface area contributed by atoms with E-state index in [2.05, 4.69) is 277 Å². The van der Waals surface area contributed by atoms with Crippen molar-refractivity contribution >= 4 is 80.0 Å². The Morgan fingerprint density at radius 1 is 0.487 bits per heavy atom. The molecule has 0 atom stereocenters. The number of rotatable bonds is 5. The van der Waals surface area contributed by atoms with E-state index in [1.165, 1.54) is 150 Å². The van der Waals surface area contributed by atoms with Crippen LogP contribution in [0.5, 0.6) is 0 Å². The summed E-state index contributed by atoms with van der Waals surface area (Å²) in [5.74, 6) is 1.89. The van der Waals surface area contributed by atoms with Crippen LogP contribution in [0.1, 0.15) is 173 Å². The molecule has 4 aliphatic rings. The molecule has 0 fully saturated rings. The van der Waals surface area contributed by atoms with Gasteiger partial charge in [-0.25, -0.2) is 4.57 Å². The predicted octanol–water partition coefficient (Wildman–Crippen LogP) is 18.0. The molecule has 1 aromatic heterocycles. The second-order valence-electron chi connectivity index (χ2n) is 28.7. The largest absolute Gasteiger partial charge is 0.311 e. The van der Waals surface area contributed by atoms with Crippen LogP contribution in [0.3, 0.4) is 0 Å². The molecule has 80 heavy (non-hydrogen) atoms. The number of aryl methyl sites for hydroxylation is 2. The van der Waals surface area contributed by atoms with E-state index < -0.39 is 0 Å². The molecule has 13 rings (SSSR count). The van der Waals surface area contributed by atoms with Gasteiger partial charge < -0.3 is 9.80 Å².